The van der Waals surface area contributed by atoms with Gasteiger partial charge in [-0.1, -0.05) is 0 Å². The van der Waals surface area contributed by atoms with Crippen molar-refractivity contribution in [2.45, 2.75) is 25.4 Å². The molecule has 16 heavy (non-hydrogen) atoms. The Morgan fingerprint density at radius 3 is 2.94 bits per heavy atom. The van der Waals surface area contributed by atoms with Crippen molar-refractivity contribution in [3.63, 3.8) is 0 Å². The molecule has 0 bridgehead atoms. The standard InChI is InChI=1S/C12H18BrN3/c1-16(11-3-5-14-6-4-11)9-10-2-7-15-12(13)8-10/h2,7-8,11,14H,3-6,9H2,1H3. The van der Waals surface area contributed by atoms with Gasteiger partial charge in [0.1, 0.15) is 4.60 Å². The highest BCUT2D eigenvalue weighted by Gasteiger charge is 2.17. The number of pyridine rings is 1. The van der Waals surface area contributed by atoms with E-state index in [4.69, 9.17) is 0 Å². The summed E-state index contributed by atoms with van der Waals surface area (Å²) in [7, 11) is 2.21. The first-order valence-electron chi connectivity index (χ1n) is 5.77. The molecule has 88 valence electrons. The van der Waals surface area contributed by atoms with Gasteiger partial charge in [0.2, 0.25) is 0 Å². The first-order valence-corrected chi connectivity index (χ1v) is 6.56. The number of hydrogen-bond donors (Lipinski definition) is 1. The zero-order valence-electron chi connectivity index (χ0n) is 9.62. The van der Waals surface area contributed by atoms with Gasteiger partial charge >= 0.3 is 0 Å². The molecule has 1 fully saturated rings. The SMILES string of the molecule is CN(Cc1ccnc(Br)c1)C1CCNCC1. The molecule has 1 aliphatic rings. The molecule has 1 aliphatic heterocycles. The molecule has 0 radical (unpaired) electrons. The van der Waals surface area contributed by atoms with E-state index < -0.39 is 0 Å². The molecular formula is C12H18BrN3. The highest BCUT2D eigenvalue weighted by Crippen LogP contribution is 2.15. The molecule has 2 rings (SSSR count). The third kappa shape index (κ3) is 3.27. The molecule has 2 heterocycles. The van der Waals surface area contributed by atoms with Crippen LogP contribution in [-0.2, 0) is 6.54 Å². The second-order valence-corrected chi connectivity index (χ2v) is 5.20. The number of nitrogens with zero attached hydrogens (tertiary/aromatic N) is 2. The van der Waals surface area contributed by atoms with Crippen molar-refractivity contribution in [3.05, 3.63) is 28.5 Å². The Morgan fingerprint density at radius 1 is 1.50 bits per heavy atom. The summed E-state index contributed by atoms with van der Waals surface area (Å²) in [6.45, 7) is 3.30. The van der Waals surface area contributed by atoms with Crippen molar-refractivity contribution in [2.75, 3.05) is 20.1 Å². The second-order valence-electron chi connectivity index (χ2n) is 4.38. The molecule has 0 aliphatic carbocycles. The zero-order valence-corrected chi connectivity index (χ0v) is 11.2. The van der Waals surface area contributed by atoms with Crippen LogP contribution in [0.15, 0.2) is 22.9 Å². The first kappa shape index (κ1) is 12.0. The lowest BCUT2D eigenvalue weighted by atomic mass is 10.0. The fourth-order valence-corrected chi connectivity index (χ4v) is 2.62. The van der Waals surface area contributed by atoms with Gasteiger partial charge in [-0.05, 0) is 66.6 Å². The van der Waals surface area contributed by atoms with Gasteiger partial charge in [-0.2, -0.15) is 0 Å². The van der Waals surface area contributed by atoms with E-state index >= 15 is 0 Å². The number of piperidine rings is 1. The molecule has 1 aromatic heterocycles. The fraction of sp³-hybridized carbons (Fsp3) is 0.583. The molecule has 0 unspecified atom stereocenters. The topological polar surface area (TPSA) is 28.2 Å². The van der Waals surface area contributed by atoms with E-state index in [9.17, 15) is 0 Å². The van der Waals surface area contributed by atoms with Crippen LogP contribution >= 0.6 is 15.9 Å². The molecular weight excluding hydrogens is 266 g/mol. The Hall–Kier alpha value is -0.450. The Labute approximate surface area is 105 Å². The maximum atomic E-state index is 4.15. The highest BCUT2D eigenvalue weighted by molar-refractivity contribution is 9.10. The zero-order chi connectivity index (χ0) is 11.4. The third-order valence-electron chi connectivity index (χ3n) is 3.15. The van der Waals surface area contributed by atoms with Crippen molar-refractivity contribution in [2.24, 2.45) is 0 Å². The lowest BCUT2D eigenvalue weighted by Crippen LogP contribution is -2.40. The van der Waals surface area contributed by atoms with Crippen LogP contribution in [0.4, 0.5) is 0 Å². The van der Waals surface area contributed by atoms with E-state index in [1.54, 1.807) is 0 Å². The van der Waals surface area contributed by atoms with Crippen LogP contribution in [0.5, 0.6) is 0 Å². The van der Waals surface area contributed by atoms with E-state index in [-0.39, 0.29) is 0 Å². The summed E-state index contributed by atoms with van der Waals surface area (Å²) < 4.78 is 0.920. The van der Waals surface area contributed by atoms with Crippen LogP contribution in [-0.4, -0.2) is 36.1 Å². The van der Waals surface area contributed by atoms with E-state index in [1.807, 2.05) is 6.20 Å². The third-order valence-corrected chi connectivity index (χ3v) is 3.59. The minimum Gasteiger partial charge on any atom is -0.317 e. The van der Waals surface area contributed by atoms with Crippen LogP contribution in [0.3, 0.4) is 0 Å². The summed E-state index contributed by atoms with van der Waals surface area (Å²) in [5.41, 5.74) is 1.32. The Morgan fingerprint density at radius 2 is 2.25 bits per heavy atom. The van der Waals surface area contributed by atoms with Crippen LogP contribution in [0.2, 0.25) is 0 Å². The minimum atomic E-state index is 0.716. The lowest BCUT2D eigenvalue weighted by Gasteiger charge is -2.31. The molecule has 0 amide bonds. The Balaban J connectivity index is 1.93. The predicted octanol–water partition coefficient (Wildman–Crippen LogP) is 2.03. The molecule has 3 nitrogen and oxygen atoms in total. The summed E-state index contributed by atoms with van der Waals surface area (Å²) in [6.07, 6.45) is 4.36. The minimum absolute atomic E-state index is 0.716. The quantitative estimate of drug-likeness (QED) is 0.861. The van der Waals surface area contributed by atoms with Gasteiger partial charge < -0.3 is 5.32 Å². The summed E-state index contributed by atoms with van der Waals surface area (Å²) in [4.78, 5) is 6.59. The van der Waals surface area contributed by atoms with Gasteiger partial charge in [0, 0.05) is 18.8 Å². The predicted molar refractivity (Wildman–Crippen MR) is 69.3 cm³/mol. The molecule has 0 atom stereocenters. The van der Waals surface area contributed by atoms with Gasteiger partial charge in [-0.15, -0.1) is 0 Å². The fourth-order valence-electron chi connectivity index (χ4n) is 2.21. The van der Waals surface area contributed by atoms with Crippen LogP contribution in [0, 0.1) is 0 Å². The molecule has 1 aromatic rings. The monoisotopic (exact) mass is 283 g/mol. The van der Waals surface area contributed by atoms with Crippen molar-refractivity contribution >= 4 is 15.9 Å². The molecule has 0 spiro atoms. The number of aromatic nitrogens is 1. The van der Waals surface area contributed by atoms with Crippen LogP contribution in [0.25, 0.3) is 0 Å². The average molecular weight is 284 g/mol. The van der Waals surface area contributed by atoms with Crippen molar-refractivity contribution in [3.8, 4) is 0 Å². The van der Waals surface area contributed by atoms with E-state index in [2.05, 4.69) is 50.3 Å². The Kier molecular flexibility index (Phi) is 4.32. The largest absolute Gasteiger partial charge is 0.317 e. The Bertz CT molecular complexity index is 337. The number of nitrogens with one attached hydrogen (secondary N) is 1. The molecule has 1 N–H and O–H groups in total. The summed E-state index contributed by atoms with van der Waals surface area (Å²) in [5, 5.41) is 3.40. The van der Waals surface area contributed by atoms with E-state index in [1.165, 1.54) is 18.4 Å². The summed E-state index contributed by atoms with van der Waals surface area (Å²) >= 11 is 3.41. The number of halogens is 1. The molecule has 0 saturated carbocycles. The van der Waals surface area contributed by atoms with Crippen molar-refractivity contribution < 1.29 is 0 Å². The van der Waals surface area contributed by atoms with Crippen molar-refractivity contribution in [1.29, 1.82) is 0 Å². The van der Waals surface area contributed by atoms with E-state index in [0.717, 1.165) is 24.2 Å². The van der Waals surface area contributed by atoms with Crippen LogP contribution in [0.1, 0.15) is 18.4 Å². The highest BCUT2D eigenvalue weighted by atomic mass is 79.9. The summed E-state index contributed by atoms with van der Waals surface area (Å²) in [5.74, 6) is 0. The lowest BCUT2D eigenvalue weighted by molar-refractivity contribution is 0.191. The summed E-state index contributed by atoms with van der Waals surface area (Å²) in [6, 6.07) is 4.90. The molecule has 0 aromatic carbocycles. The smallest absolute Gasteiger partial charge is 0.106 e. The van der Waals surface area contributed by atoms with Gasteiger partial charge in [0.15, 0.2) is 0 Å². The number of hydrogen-bond acceptors (Lipinski definition) is 3. The normalized spacial score (nSPS) is 17.9. The first-order chi connectivity index (χ1) is 7.75. The second kappa shape index (κ2) is 5.75. The van der Waals surface area contributed by atoms with Gasteiger partial charge in [-0.3, -0.25) is 4.90 Å². The number of rotatable bonds is 3. The maximum Gasteiger partial charge on any atom is 0.106 e. The molecule has 4 heteroatoms. The average Bonchev–Trinajstić information content (AvgIpc) is 2.30. The van der Waals surface area contributed by atoms with Gasteiger partial charge in [0.25, 0.3) is 0 Å². The van der Waals surface area contributed by atoms with Gasteiger partial charge in [-0.25, -0.2) is 4.98 Å². The van der Waals surface area contributed by atoms with Crippen molar-refractivity contribution in [1.82, 2.24) is 15.2 Å². The van der Waals surface area contributed by atoms with E-state index in [0.29, 0.717) is 6.04 Å². The van der Waals surface area contributed by atoms with Gasteiger partial charge in [0.05, 0.1) is 0 Å². The molecule has 1 saturated heterocycles. The van der Waals surface area contributed by atoms with Crippen LogP contribution < -0.4 is 5.32 Å². The maximum absolute atomic E-state index is 4.15.